The van der Waals surface area contributed by atoms with Gasteiger partial charge in [-0.1, -0.05) is 13.8 Å². The van der Waals surface area contributed by atoms with Crippen LogP contribution >= 0.6 is 11.8 Å². The van der Waals surface area contributed by atoms with Crippen molar-refractivity contribution in [3.05, 3.63) is 0 Å². The van der Waals surface area contributed by atoms with Gasteiger partial charge >= 0.3 is 5.25 Å². The molecule has 0 fully saturated rings. The Bertz CT molecular complexity index is 264. The Morgan fingerprint density at radius 1 is 1.36 bits per heavy atom. The first-order valence-corrected chi connectivity index (χ1v) is 5.36. The van der Waals surface area contributed by atoms with Crippen LogP contribution in [0.25, 0.3) is 0 Å². The van der Waals surface area contributed by atoms with Crippen LogP contribution in [0.15, 0.2) is 4.99 Å². The summed E-state index contributed by atoms with van der Waals surface area (Å²) in [7, 11) is 3.25. The molecule has 1 aliphatic heterocycles. The molecule has 2 nitrogen and oxygen atoms in total. The maximum atomic E-state index is 13.7. The second-order valence-electron chi connectivity index (χ2n) is 4.14. The normalized spacial score (nSPS) is 31.4. The summed E-state index contributed by atoms with van der Waals surface area (Å²) in [6, 6.07) is 0. The second kappa shape index (κ2) is 3.45. The molecule has 0 saturated heterocycles. The Hall–Kier alpha value is -0.160. The van der Waals surface area contributed by atoms with Gasteiger partial charge in [0, 0.05) is 5.92 Å². The van der Waals surface area contributed by atoms with Crippen LogP contribution in [-0.4, -0.2) is 35.0 Å². The minimum absolute atomic E-state index is 0.0626. The Kier molecular flexibility index (Phi) is 2.94. The van der Waals surface area contributed by atoms with Crippen molar-refractivity contribution in [2.24, 2.45) is 10.9 Å². The molecule has 0 aliphatic carbocycles. The van der Waals surface area contributed by atoms with Gasteiger partial charge < -0.3 is 0 Å². The molecule has 0 aromatic carbocycles. The highest BCUT2D eigenvalue weighted by Gasteiger charge is 2.58. The van der Waals surface area contributed by atoms with E-state index in [2.05, 4.69) is 4.99 Å². The fourth-order valence-electron chi connectivity index (χ4n) is 1.14. The van der Waals surface area contributed by atoms with Crippen LogP contribution in [0.2, 0.25) is 0 Å². The molecule has 0 bridgehead atoms. The zero-order valence-corrected chi connectivity index (χ0v) is 9.95. The number of hydrogen-bond acceptors (Lipinski definition) is 3. The van der Waals surface area contributed by atoms with Gasteiger partial charge in [-0.3, -0.25) is 9.89 Å². The lowest BCUT2D eigenvalue weighted by Gasteiger charge is -2.33. The number of aliphatic imine (C=N–C) groups is 1. The quantitative estimate of drug-likeness (QED) is 0.714. The van der Waals surface area contributed by atoms with Crippen LogP contribution in [0, 0.1) is 5.92 Å². The lowest BCUT2D eigenvalue weighted by atomic mass is 10.2. The molecule has 1 rings (SSSR count). The topological polar surface area (TPSA) is 15.6 Å². The minimum Gasteiger partial charge on any atom is -0.280 e. The van der Waals surface area contributed by atoms with Crippen molar-refractivity contribution in [2.75, 3.05) is 14.1 Å². The van der Waals surface area contributed by atoms with E-state index in [1.807, 2.05) is 13.8 Å². The standard InChI is InChI=1S/C9H16F2N2S/c1-6(2)7-12-8(3,13(4)5)9(10,11)14-7/h6H,1-5H3. The van der Waals surface area contributed by atoms with E-state index in [0.29, 0.717) is 16.8 Å². The zero-order chi connectivity index (χ0) is 11.1. The van der Waals surface area contributed by atoms with Gasteiger partial charge in [0.2, 0.25) is 0 Å². The monoisotopic (exact) mass is 222 g/mol. The van der Waals surface area contributed by atoms with Crippen LogP contribution in [0.3, 0.4) is 0 Å². The summed E-state index contributed by atoms with van der Waals surface area (Å²) < 4.78 is 27.3. The smallest absolute Gasteiger partial charge is 0.280 e. The number of alkyl halides is 2. The molecule has 1 heterocycles. The first-order valence-electron chi connectivity index (χ1n) is 4.54. The van der Waals surface area contributed by atoms with Crippen molar-refractivity contribution in [1.82, 2.24) is 4.90 Å². The van der Waals surface area contributed by atoms with Crippen molar-refractivity contribution in [1.29, 1.82) is 0 Å². The summed E-state index contributed by atoms with van der Waals surface area (Å²) in [5, 5.41) is -2.30. The van der Waals surface area contributed by atoms with Crippen LogP contribution < -0.4 is 0 Å². The van der Waals surface area contributed by atoms with Crippen LogP contribution in [0.4, 0.5) is 8.78 Å². The molecular formula is C9H16F2N2S. The molecule has 0 saturated carbocycles. The Morgan fingerprint density at radius 3 is 2.07 bits per heavy atom. The SMILES string of the molecule is CC(C)C1=NC(C)(N(C)C)C(F)(F)S1. The number of thioether (sulfide) groups is 1. The molecule has 0 spiro atoms. The van der Waals surface area contributed by atoms with Gasteiger partial charge in [0.25, 0.3) is 0 Å². The molecule has 0 aromatic heterocycles. The van der Waals surface area contributed by atoms with Gasteiger partial charge in [0.15, 0.2) is 5.66 Å². The third-order valence-corrected chi connectivity index (χ3v) is 3.89. The summed E-state index contributed by atoms with van der Waals surface area (Å²) in [4.78, 5) is 5.59. The van der Waals surface area contributed by atoms with Crippen molar-refractivity contribution >= 4 is 16.8 Å². The van der Waals surface area contributed by atoms with Crippen LogP contribution in [0.5, 0.6) is 0 Å². The van der Waals surface area contributed by atoms with Crippen molar-refractivity contribution in [3.8, 4) is 0 Å². The first-order chi connectivity index (χ1) is 6.21. The Morgan fingerprint density at radius 2 is 1.86 bits per heavy atom. The molecular weight excluding hydrogens is 206 g/mol. The van der Waals surface area contributed by atoms with E-state index in [1.54, 1.807) is 14.1 Å². The number of rotatable bonds is 2. The van der Waals surface area contributed by atoms with Crippen molar-refractivity contribution < 1.29 is 8.78 Å². The Balaban J connectivity index is 3.05. The lowest BCUT2D eigenvalue weighted by Crippen LogP contribution is -2.50. The first kappa shape index (κ1) is 11.9. The largest absolute Gasteiger partial charge is 0.336 e. The molecule has 0 aromatic rings. The summed E-state index contributed by atoms with van der Waals surface area (Å²) in [5.41, 5.74) is -1.41. The average molecular weight is 222 g/mol. The maximum absolute atomic E-state index is 13.7. The van der Waals surface area contributed by atoms with Gasteiger partial charge in [-0.2, -0.15) is 8.78 Å². The lowest BCUT2D eigenvalue weighted by molar-refractivity contribution is -0.0399. The van der Waals surface area contributed by atoms with E-state index < -0.39 is 10.9 Å². The van der Waals surface area contributed by atoms with Gasteiger partial charge in [0.05, 0.1) is 5.04 Å². The Labute approximate surface area is 87.8 Å². The maximum Gasteiger partial charge on any atom is 0.336 e. The number of nitrogens with zero attached hydrogens (tertiary/aromatic N) is 2. The molecule has 0 N–H and O–H groups in total. The van der Waals surface area contributed by atoms with Crippen LogP contribution in [0.1, 0.15) is 20.8 Å². The van der Waals surface area contributed by atoms with E-state index in [-0.39, 0.29) is 5.92 Å². The average Bonchev–Trinajstić information content (AvgIpc) is 2.24. The van der Waals surface area contributed by atoms with E-state index in [4.69, 9.17) is 0 Å². The van der Waals surface area contributed by atoms with E-state index in [1.165, 1.54) is 11.8 Å². The number of halogens is 2. The third kappa shape index (κ3) is 1.67. The molecule has 5 heteroatoms. The highest BCUT2D eigenvalue weighted by Crippen LogP contribution is 2.50. The highest BCUT2D eigenvalue weighted by atomic mass is 32.2. The predicted octanol–water partition coefficient (Wildman–Crippen LogP) is 2.66. The van der Waals surface area contributed by atoms with Crippen LogP contribution in [-0.2, 0) is 0 Å². The van der Waals surface area contributed by atoms with Gasteiger partial charge in [-0.15, -0.1) is 0 Å². The molecule has 0 amide bonds. The predicted molar refractivity (Wildman–Crippen MR) is 56.9 cm³/mol. The van der Waals surface area contributed by atoms with E-state index >= 15 is 0 Å². The molecule has 1 aliphatic rings. The second-order valence-corrected chi connectivity index (χ2v) is 5.27. The fourth-order valence-corrected chi connectivity index (χ4v) is 2.28. The van der Waals surface area contributed by atoms with E-state index in [9.17, 15) is 8.78 Å². The van der Waals surface area contributed by atoms with Gasteiger partial charge in [-0.05, 0) is 32.8 Å². The fraction of sp³-hybridized carbons (Fsp3) is 0.889. The molecule has 14 heavy (non-hydrogen) atoms. The summed E-state index contributed by atoms with van der Waals surface area (Å²) >= 11 is 0.586. The van der Waals surface area contributed by atoms with Crippen molar-refractivity contribution in [3.63, 3.8) is 0 Å². The summed E-state index contributed by atoms with van der Waals surface area (Å²) in [5.74, 6) is 0.0626. The minimum atomic E-state index is -2.84. The summed E-state index contributed by atoms with van der Waals surface area (Å²) in [6.45, 7) is 5.22. The summed E-state index contributed by atoms with van der Waals surface area (Å²) in [6.07, 6.45) is 0. The van der Waals surface area contributed by atoms with E-state index in [0.717, 1.165) is 0 Å². The van der Waals surface area contributed by atoms with Gasteiger partial charge in [-0.25, -0.2) is 0 Å². The molecule has 1 atom stereocenters. The molecule has 0 radical (unpaired) electrons. The zero-order valence-electron chi connectivity index (χ0n) is 9.14. The number of hydrogen-bond donors (Lipinski definition) is 0. The molecule has 82 valence electrons. The third-order valence-electron chi connectivity index (χ3n) is 2.48. The van der Waals surface area contributed by atoms with Crippen molar-refractivity contribution in [2.45, 2.75) is 31.7 Å². The highest BCUT2D eigenvalue weighted by molar-refractivity contribution is 8.15. The molecule has 1 unspecified atom stereocenters. The van der Waals surface area contributed by atoms with Gasteiger partial charge in [0.1, 0.15) is 0 Å².